The fraction of sp³-hybridized carbons (Fsp3) is 0.273. The van der Waals surface area contributed by atoms with Crippen molar-refractivity contribution in [1.82, 2.24) is 5.32 Å². The molecule has 0 heterocycles. The van der Waals surface area contributed by atoms with Gasteiger partial charge in [0.2, 0.25) is 0 Å². The minimum absolute atomic E-state index is 0.0996. The average Bonchev–Trinajstić information content (AvgIpc) is 2.35. The largest absolute Gasteiger partial charge is 0.409 e. The number of oxime groups is 1. The minimum atomic E-state index is -0.369. The molecule has 5 N–H and O–H groups in total. The molecule has 1 aromatic carbocycles. The summed E-state index contributed by atoms with van der Waals surface area (Å²) >= 11 is 5.84. The molecule has 1 aromatic rings. The smallest absolute Gasteiger partial charge is 0.319 e. The van der Waals surface area contributed by atoms with E-state index in [-0.39, 0.29) is 11.9 Å². The lowest BCUT2D eigenvalue weighted by atomic mass is 10.1. The van der Waals surface area contributed by atoms with Crippen LogP contribution in [0.3, 0.4) is 0 Å². The standard InChI is InChI=1S/C11H15ClN4O2/c1-2-5-14-11(17)15-9-6-7(12)3-4-8(9)10(13)16-18/h3-4,6,18H,2,5H2,1H3,(H2,13,16)(H2,14,15,17). The molecule has 0 fully saturated rings. The minimum Gasteiger partial charge on any atom is -0.409 e. The predicted octanol–water partition coefficient (Wildman–Crippen LogP) is 1.97. The maximum Gasteiger partial charge on any atom is 0.319 e. The van der Waals surface area contributed by atoms with Crippen LogP contribution in [-0.2, 0) is 0 Å². The van der Waals surface area contributed by atoms with Crippen molar-refractivity contribution in [1.29, 1.82) is 0 Å². The summed E-state index contributed by atoms with van der Waals surface area (Å²) in [6, 6.07) is 4.31. The van der Waals surface area contributed by atoms with Gasteiger partial charge in [0.1, 0.15) is 0 Å². The van der Waals surface area contributed by atoms with Gasteiger partial charge in [0.05, 0.1) is 5.69 Å². The highest BCUT2D eigenvalue weighted by molar-refractivity contribution is 6.31. The van der Waals surface area contributed by atoms with Crippen molar-refractivity contribution in [2.24, 2.45) is 10.9 Å². The first-order chi connectivity index (χ1) is 8.58. The number of benzene rings is 1. The van der Waals surface area contributed by atoms with Crippen molar-refractivity contribution in [2.45, 2.75) is 13.3 Å². The second-order valence-electron chi connectivity index (χ2n) is 3.56. The zero-order valence-electron chi connectivity index (χ0n) is 9.90. The summed E-state index contributed by atoms with van der Waals surface area (Å²) in [6.45, 7) is 2.51. The highest BCUT2D eigenvalue weighted by atomic mass is 35.5. The van der Waals surface area contributed by atoms with Gasteiger partial charge < -0.3 is 21.6 Å². The summed E-state index contributed by atoms with van der Waals surface area (Å²) in [5.74, 6) is -0.0996. The van der Waals surface area contributed by atoms with Crippen LogP contribution in [0.2, 0.25) is 5.02 Å². The van der Waals surface area contributed by atoms with E-state index in [2.05, 4.69) is 15.8 Å². The first kappa shape index (κ1) is 14.1. The number of carbonyl (C=O) groups excluding carboxylic acids is 1. The Labute approximate surface area is 110 Å². The third-order valence-corrected chi connectivity index (χ3v) is 2.38. The van der Waals surface area contributed by atoms with Gasteiger partial charge in [-0.15, -0.1) is 0 Å². The maximum atomic E-state index is 11.5. The third-order valence-electron chi connectivity index (χ3n) is 2.15. The van der Waals surface area contributed by atoms with Gasteiger partial charge in [-0.3, -0.25) is 0 Å². The molecule has 0 aliphatic carbocycles. The first-order valence-electron chi connectivity index (χ1n) is 5.40. The Kier molecular flexibility index (Phi) is 5.26. The van der Waals surface area contributed by atoms with E-state index in [4.69, 9.17) is 22.5 Å². The number of hydrogen-bond donors (Lipinski definition) is 4. The van der Waals surface area contributed by atoms with Gasteiger partial charge in [-0.2, -0.15) is 0 Å². The number of rotatable bonds is 4. The molecular weight excluding hydrogens is 256 g/mol. The van der Waals surface area contributed by atoms with Crippen molar-refractivity contribution in [3.63, 3.8) is 0 Å². The van der Waals surface area contributed by atoms with E-state index in [9.17, 15) is 4.79 Å². The lowest BCUT2D eigenvalue weighted by Gasteiger charge is -2.11. The first-order valence-corrected chi connectivity index (χ1v) is 5.78. The van der Waals surface area contributed by atoms with E-state index in [1.54, 1.807) is 12.1 Å². The number of urea groups is 1. The Hall–Kier alpha value is -1.95. The molecule has 0 bridgehead atoms. The van der Waals surface area contributed by atoms with Gasteiger partial charge in [0.15, 0.2) is 5.84 Å². The summed E-state index contributed by atoms with van der Waals surface area (Å²) in [6.07, 6.45) is 0.829. The van der Waals surface area contributed by atoms with E-state index >= 15 is 0 Å². The molecule has 0 spiro atoms. The Morgan fingerprint density at radius 2 is 2.28 bits per heavy atom. The van der Waals surface area contributed by atoms with Crippen molar-refractivity contribution in [3.8, 4) is 0 Å². The average molecular weight is 271 g/mol. The van der Waals surface area contributed by atoms with Crippen LogP contribution in [0.4, 0.5) is 10.5 Å². The van der Waals surface area contributed by atoms with E-state index in [0.29, 0.717) is 22.8 Å². The fourth-order valence-electron chi connectivity index (χ4n) is 1.30. The van der Waals surface area contributed by atoms with Gasteiger partial charge in [-0.05, 0) is 24.6 Å². The Morgan fingerprint density at radius 1 is 1.56 bits per heavy atom. The molecule has 7 heteroatoms. The second-order valence-corrected chi connectivity index (χ2v) is 3.99. The zero-order chi connectivity index (χ0) is 13.5. The molecule has 2 amide bonds. The Bertz CT molecular complexity index is 462. The molecule has 0 unspecified atom stereocenters. The number of nitrogens with one attached hydrogen (secondary N) is 2. The van der Waals surface area contributed by atoms with Crippen LogP contribution in [0.5, 0.6) is 0 Å². The lowest BCUT2D eigenvalue weighted by molar-refractivity contribution is 0.252. The molecule has 0 radical (unpaired) electrons. The second kappa shape index (κ2) is 6.70. The van der Waals surface area contributed by atoms with Crippen LogP contribution < -0.4 is 16.4 Å². The summed E-state index contributed by atoms with van der Waals surface area (Å²) in [4.78, 5) is 11.5. The molecule has 0 atom stereocenters. The van der Waals surface area contributed by atoms with Gasteiger partial charge in [-0.1, -0.05) is 23.7 Å². The number of carbonyl (C=O) groups is 1. The van der Waals surface area contributed by atoms with E-state index < -0.39 is 0 Å². The van der Waals surface area contributed by atoms with Crippen LogP contribution in [-0.4, -0.2) is 23.6 Å². The van der Waals surface area contributed by atoms with Gasteiger partial charge in [-0.25, -0.2) is 4.79 Å². The summed E-state index contributed by atoms with van der Waals surface area (Å²) in [7, 11) is 0. The molecule has 0 aliphatic heterocycles. The van der Waals surface area contributed by atoms with Gasteiger partial charge in [0, 0.05) is 17.1 Å². The quantitative estimate of drug-likeness (QED) is 0.291. The van der Waals surface area contributed by atoms with Gasteiger partial charge >= 0.3 is 6.03 Å². The van der Waals surface area contributed by atoms with Crippen molar-refractivity contribution in [2.75, 3.05) is 11.9 Å². The van der Waals surface area contributed by atoms with E-state index in [1.807, 2.05) is 6.92 Å². The molecule has 0 saturated heterocycles. The molecule has 98 valence electrons. The van der Waals surface area contributed by atoms with Gasteiger partial charge in [0.25, 0.3) is 0 Å². The van der Waals surface area contributed by atoms with Crippen LogP contribution >= 0.6 is 11.6 Å². The Morgan fingerprint density at radius 3 is 2.89 bits per heavy atom. The maximum absolute atomic E-state index is 11.5. The normalized spacial score (nSPS) is 11.1. The van der Waals surface area contributed by atoms with Crippen LogP contribution in [0.15, 0.2) is 23.4 Å². The molecule has 1 rings (SSSR count). The number of nitrogens with two attached hydrogens (primary N) is 1. The topological polar surface area (TPSA) is 99.7 Å². The zero-order valence-corrected chi connectivity index (χ0v) is 10.7. The fourth-order valence-corrected chi connectivity index (χ4v) is 1.47. The number of anilines is 1. The summed E-state index contributed by atoms with van der Waals surface area (Å²) in [5, 5.41) is 17.2. The highest BCUT2D eigenvalue weighted by Gasteiger charge is 2.10. The SMILES string of the molecule is CCCNC(=O)Nc1cc(Cl)ccc1C(N)=NO. The summed E-state index contributed by atoms with van der Waals surface area (Å²) < 4.78 is 0. The van der Waals surface area contributed by atoms with Crippen molar-refractivity contribution >= 4 is 29.2 Å². The highest BCUT2D eigenvalue weighted by Crippen LogP contribution is 2.20. The molecular formula is C11H15ClN4O2. The predicted molar refractivity (Wildman–Crippen MR) is 71.3 cm³/mol. The van der Waals surface area contributed by atoms with Crippen LogP contribution in [0.1, 0.15) is 18.9 Å². The molecule has 0 aromatic heterocycles. The molecule has 6 nitrogen and oxygen atoms in total. The molecule has 0 saturated carbocycles. The number of hydrogen-bond acceptors (Lipinski definition) is 3. The Balaban J connectivity index is 2.92. The van der Waals surface area contributed by atoms with E-state index in [0.717, 1.165) is 6.42 Å². The number of halogens is 1. The van der Waals surface area contributed by atoms with Crippen molar-refractivity contribution in [3.05, 3.63) is 28.8 Å². The number of nitrogens with zero attached hydrogens (tertiary/aromatic N) is 1. The van der Waals surface area contributed by atoms with Crippen LogP contribution in [0.25, 0.3) is 0 Å². The van der Waals surface area contributed by atoms with E-state index in [1.165, 1.54) is 6.07 Å². The number of amides is 2. The van der Waals surface area contributed by atoms with Crippen LogP contribution in [0, 0.1) is 0 Å². The molecule has 0 aliphatic rings. The monoisotopic (exact) mass is 270 g/mol. The third kappa shape index (κ3) is 3.81. The lowest BCUT2D eigenvalue weighted by Crippen LogP contribution is -2.30. The summed E-state index contributed by atoms with van der Waals surface area (Å²) in [5.41, 5.74) is 6.28. The van der Waals surface area contributed by atoms with Crippen molar-refractivity contribution < 1.29 is 10.0 Å². The number of amidine groups is 1. The molecule has 18 heavy (non-hydrogen) atoms.